The lowest BCUT2D eigenvalue weighted by Crippen LogP contribution is -2.46. The highest BCUT2D eigenvalue weighted by Gasteiger charge is 2.26. The van der Waals surface area contributed by atoms with Gasteiger partial charge in [0.1, 0.15) is 0 Å². The molecule has 5 heteroatoms. The first-order valence-electron chi connectivity index (χ1n) is 9.85. The molecule has 1 aromatic rings. The van der Waals surface area contributed by atoms with Gasteiger partial charge in [-0.25, -0.2) is 0 Å². The van der Waals surface area contributed by atoms with Crippen molar-refractivity contribution in [3.8, 4) is 0 Å². The van der Waals surface area contributed by atoms with Gasteiger partial charge in [-0.1, -0.05) is 12.2 Å². The zero-order valence-electron chi connectivity index (χ0n) is 14.9. The zero-order valence-corrected chi connectivity index (χ0v) is 14.9. The normalized spacial score (nSPS) is 24.0. The van der Waals surface area contributed by atoms with Crippen LogP contribution in [0.4, 0.5) is 5.82 Å². The van der Waals surface area contributed by atoms with Crippen molar-refractivity contribution in [2.45, 2.75) is 63.8 Å². The van der Waals surface area contributed by atoms with Crippen LogP contribution in [0.15, 0.2) is 18.2 Å². The molecule has 1 amide bonds. The monoisotopic (exact) mass is 340 g/mol. The van der Waals surface area contributed by atoms with E-state index in [1.807, 2.05) is 0 Å². The first-order valence-corrected chi connectivity index (χ1v) is 9.85. The second kappa shape index (κ2) is 7.54. The largest absolute Gasteiger partial charge is 0.355 e. The number of rotatable bonds is 3. The van der Waals surface area contributed by atoms with Crippen LogP contribution in [0.5, 0.6) is 0 Å². The Morgan fingerprint density at radius 1 is 1.08 bits per heavy atom. The lowest BCUT2D eigenvalue weighted by atomic mass is 9.93. The van der Waals surface area contributed by atoms with Gasteiger partial charge in [0.05, 0.1) is 5.69 Å². The summed E-state index contributed by atoms with van der Waals surface area (Å²) in [5.41, 5.74) is 2.58. The van der Waals surface area contributed by atoms with Crippen molar-refractivity contribution in [1.82, 2.24) is 15.5 Å². The van der Waals surface area contributed by atoms with Crippen molar-refractivity contribution < 1.29 is 4.79 Å². The highest BCUT2D eigenvalue weighted by molar-refractivity contribution is 5.79. The van der Waals surface area contributed by atoms with E-state index in [0.717, 1.165) is 63.9 Å². The van der Waals surface area contributed by atoms with Crippen molar-refractivity contribution in [2.75, 3.05) is 18.0 Å². The third-order valence-electron chi connectivity index (χ3n) is 5.86. The van der Waals surface area contributed by atoms with E-state index in [4.69, 9.17) is 0 Å². The molecule has 1 N–H and O–H groups in total. The molecule has 1 saturated heterocycles. The summed E-state index contributed by atoms with van der Waals surface area (Å²) >= 11 is 0. The van der Waals surface area contributed by atoms with Gasteiger partial charge >= 0.3 is 0 Å². The number of fused-ring (bicyclic) bond motifs is 1. The average molecular weight is 340 g/mol. The van der Waals surface area contributed by atoms with Crippen LogP contribution < -0.4 is 10.2 Å². The van der Waals surface area contributed by atoms with E-state index >= 15 is 0 Å². The number of carbonyl (C=O) groups excluding carboxylic acids is 1. The predicted octanol–water partition coefficient (Wildman–Crippen LogP) is 2.80. The third-order valence-corrected chi connectivity index (χ3v) is 5.86. The molecule has 4 rings (SSSR count). The van der Waals surface area contributed by atoms with Gasteiger partial charge < -0.3 is 10.2 Å². The van der Waals surface area contributed by atoms with Crippen molar-refractivity contribution >= 4 is 11.7 Å². The number of hydrogen-bond donors (Lipinski definition) is 1. The van der Waals surface area contributed by atoms with Gasteiger partial charge in [0.2, 0.25) is 5.91 Å². The second-order valence-electron chi connectivity index (χ2n) is 7.63. The van der Waals surface area contributed by atoms with E-state index in [1.54, 1.807) is 0 Å². The van der Waals surface area contributed by atoms with Crippen molar-refractivity contribution in [3.63, 3.8) is 0 Å². The van der Waals surface area contributed by atoms with Crippen LogP contribution in [0, 0.1) is 5.92 Å². The van der Waals surface area contributed by atoms with Crippen molar-refractivity contribution in [1.29, 1.82) is 0 Å². The van der Waals surface area contributed by atoms with E-state index in [2.05, 4.69) is 38.6 Å². The smallest absolute Gasteiger partial charge is 0.223 e. The van der Waals surface area contributed by atoms with Crippen molar-refractivity contribution in [3.05, 3.63) is 29.5 Å². The molecule has 3 aliphatic rings. The lowest BCUT2D eigenvalue weighted by Gasteiger charge is -2.34. The molecule has 0 spiro atoms. The van der Waals surface area contributed by atoms with Gasteiger partial charge in [0.15, 0.2) is 5.82 Å². The number of nitrogens with zero attached hydrogens (tertiary/aromatic N) is 3. The summed E-state index contributed by atoms with van der Waals surface area (Å²) in [5.74, 6) is 1.44. The quantitative estimate of drug-likeness (QED) is 0.860. The molecule has 1 fully saturated rings. The average Bonchev–Trinajstić information content (AvgIpc) is 2.69. The van der Waals surface area contributed by atoms with Crippen LogP contribution in [0.1, 0.15) is 56.2 Å². The third kappa shape index (κ3) is 3.86. The molecule has 1 aliphatic heterocycles. The molecule has 2 aliphatic carbocycles. The summed E-state index contributed by atoms with van der Waals surface area (Å²) in [6.45, 7) is 1.89. The van der Waals surface area contributed by atoms with Gasteiger partial charge in [-0.2, -0.15) is 5.10 Å². The minimum Gasteiger partial charge on any atom is -0.355 e. The summed E-state index contributed by atoms with van der Waals surface area (Å²) in [4.78, 5) is 14.7. The summed E-state index contributed by atoms with van der Waals surface area (Å²) in [6, 6.07) is 2.55. The highest BCUT2D eigenvalue weighted by Crippen LogP contribution is 2.25. The molecule has 0 radical (unpaired) electrons. The molecule has 1 atom stereocenters. The standard InChI is InChI=1S/C20H28N4O/c25-20(15-6-2-1-3-7-15)21-17-10-12-24(13-11-17)19-14-16-8-4-5-9-18(16)22-23-19/h1-2,14-15,17H,3-13H2,(H,21,25)/t15-/m0/s1. The SMILES string of the molecule is O=C(NC1CCN(c2cc3c(nn2)CCCC3)CC1)[C@H]1CC=CCC1. The van der Waals surface area contributed by atoms with E-state index in [1.165, 1.54) is 24.1 Å². The topological polar surface area (TPSA) is 58.1 Å². The maximum absolute atomic E-state index is 12.4. The number of hydrogen-bond acceptors (Lipinski definition) is 4. The van der Waals surface area contributed by atoms with Crippen LogP contribution in [0.2, 0.25) is 0 Å². The maximum Gasteiger partial charge on any atom is 0.223 e. The van der Waals surface area contributed by atoms with Gasteiger partial charge in [-0.15, -0.1) is 5.10 Å². The Balaban J connectivity index is 1.31. The number of aryl methyl sites for hydroxylation is 2. The number of aromatic nitrogens is 2. The van der Waals surface area contributed by atoms with Gasteiger partial charge in [-0.05, 0) is 69.4 Å². The number of nitrogens with one attached hydrogen (secondary N) is 1. The fourth-order valence-corrected chi connectivity index (χ4v) is 4.24. The number of carbonyl (C=O) groups is 1. The highest BCUT2D eigenvalue weighted by atomic mass is 16.1. The van der Waals surface area contributed by atoms with E-state index < -0.39 is 0 Å². The van der Waals surface area contributed by atoms with Crippen LogP contribution in [0.25, 0.3) is 0 Å². The Labute approximate surface area is 149 Å². The van der Waals surface area contributed by atoms with Crippen LogP contribution in [0.3, 0.4) is 0 Å². The molecule has 0 saturated carbocycles. The molecule has 1 aromatic heterocycles. The summed E-state index contributed by atoms with van der Waals surface area (Å²) in [6.07, 6.45) is 14.0. The minimum absolute atomic E-state index is 0.176. The van der Waals surface area contributed by atoms with E-state index in [0.29, 0.717) is 6.04 Å². The van der Waals surface area contributed by atoms with Gasteiger partial charge in [0, 0.05) is 25.0 Å². The number of allylic oxidation sites excluding steroid dienone is 2. The Hall–Kier alpha value is -1.91. The maximum atomic E-state index is 12.4. The van der Waals surface area contributed by atoms with E-state index in [-0.39, 0.29) is 11.8 Å². The zero-order chi connectivity index (χ0) is 17.1. The molecule has 0 unspecified atom stereocenters. The summed E-state index contributed by atoms with van der Waals surface area (Å²) in [7, 11) is 0. The lowest BCUT2D eigenvalue weighted by molar-refractivity contribution is -0.126. The molecule has 5 nitrogen and oxygen atoms in total. The molecular formula is C20H28N4O. The second-order valence-corrected chi connectivity index (χ2v) is 7.63. The Bertz CT molecular complexity index is 649. The minimum atomic E-state index is 0.176. The van der Waals surface area contributed by atoms with Gasteiger partial charge in [0.25, 0.3) is 0 Å². The summed E-state index contributed by atoms with van der Waals surface area (Å²) < 4.78 is 0. The van der Waals surface area contributed by atoms with Crippen LogP contribution in [-0.4, -0.2) is 35.2 Å². The molecular weight excluding hydrogens is 312 g/mol. The Kier molecular flexibility index (Phi) is 4.99. The molecule has 0 aromatic carbocycles. The molecule has 0 bridgehead atoms. The van der Waals surface area contributed by atoms with Crippen LogP contribution >= 0.6 is 0 Å². The fourth-order valence-electron chi connectivity index (χ4n) is 4.24. The summed E-state index contributed by atoms with van der Waals surface area (Å²) in [5, 5.41) is 12.2. The molecule has 2 heterocycles. The van der Waals surface area contributed by atoms with Crippen molar-refractivity contribution in [2.24, 2.45) is 5.92 Å². The van der Waals surface area contributed by atoms with E-state index in [9.17, 15) is 4.79 Å². The fraction of sp³-hybridized carbons (Fsp3) is 0.650. The Morgan fingerprint density at radius 3 is 2.72 bits per heavy atom. The molecule has 25 heavy (non-hydrogen) atoms. The Morgan fingerprint density at radius 2 is 1.92 bits per heavy atom. The first kappa shape index (κ1) is 16.6. The first-order chi connectivity index (χ1) is 12.3. The number of anilines is 1. The molecule has 134 valence electrons. The van der Waals surface area contributed by atoms with Gasteiger partial charge in [-0.3, -0.25) is 4.79 Å². The van der Waals surface area contributed by atoms with Crippen LogP contribution in [-0.2, 0) is 17.6 Å². The number of piperidine rings is 1. The predicted molar refractivity (Wildman–Crippen MR) is 98.5 cm³/mol. The number of amides is 1.